The van der Waals surface area contributed by atoms with E-state index in [1.165, 1.54) is 86.5 Å². The van der Waals surface area contributed by atoms with Crippen LogP contribution < -0.4 is 42.4 Å². The normalized spacial score (nSPS) is 15.6. The van der Waals surface area contributed by atoms with E-state index in [0.29, 0.717) is 0 Å². The Kier molecular flexibility index (Phi) is 18.7. The van der Waals surface area contributed by atoms with Crippen molar-refractivity contribution in [3.8, 4) is 58.5 Å². The van der Waals surface area contributed by atoms with Gasteiger partial charge in [0.25, 0.3) is 0 Å². The van der Waals surface area contributed by atoms with Gasteiger partial charge in [0.15, 0.2) is 0 Å². The highest BCUT2D eigenvalue weighted by atomic mass is 31.2. The van der Waals surface area contributed by atoms with E-state index in [2.05, 4.69) is 374 Å². The molecule has 13 aromatic rings. The maximum Gasteiger partial charge on any atom is 0.129 e. The number of nitrogens with zero attached hydrogens (tertiary/aromatic N) is 1. The molecule has 0 saturated heterocycles. The van der Waals surface area contributed by atoms with E-state index in [4.69, 9.17) is 0 Å². The van der Waals surface area contributed by atoms with Crippen molar-refractivity contribution in [2.45, 2.75) is 19.3 Å². The maximum absolute atomic E-state index is 3.94. The number of aryl methyl sites for hydroxylation is 1. The van der Waals surface area contributed by atoms with Crippen LogP contribution >= 0.6 is 29.0 Å². The van der Waals surface area contributed by atoms with Gasteiger partial charge in [0.1, 0.15) is 79.4 Å². The Morgan fingerprint density at radius 1 is 0.258 bits per heavy atom. The van der Waals surface area contributed by atoms with Crippen LogP contribution in [0, 0.1) is 47.4 Å². The van der Waals surface area contributed by atoms with E-state index >= 15 is 0 Å². The van der Waals surface area contributed by atoms with Crippen molar-refractivity contribution < 1.29 is 0 Å². The average Bonchev–Trinajstić information content (AvgIpc) is 1.54. The van der Waals surface area contributed by atoms with E-state index in [9.17, 15) is 0 Å². The molecule has 2 aliphatic rings. The molecule has 5 heteroatoms. The average molecular weight is 1320 g/mol. The first-order valence-corrected chi connectivity index (χ1v) is 42.7. The summed E-state index contributed by atoms with van der Waals surface area (Å²) in [5, 5.41) is 13.7. The second-order valence-electron chi connectivity index (χ2n) is 25.9. The fourth-order valence-electron chi connectivity index (χ4n) is 15.3. The third kappa shape index (κ3) is 12.9. The minimum atomic E-state index is -2.21. The lowest BCUT2D eigenvalue weighted by Crippen LogP contribution is -2.33. The highest BCUT2D eigenvalue weighted by molar-refractivity contribution is 7.93. The summed E-state index contributed by atoms with van der Waals surface area (Å²) in [4.78, 5) is 0. The van der Waals surface area contributed by atoms with Gasteiger partial charge in [0.2, 0.25) is 0 Å². The first-order valence-electron chi connectivity index (χ1n) is 34.1. The fraction of sp³-hybridized carbons (Fsp3) is 0.130. The lowest BCUT2D eigenvalue weighted by molar-refractivity contribution is 0.894. The number of hydrogen-bond donors (Lipinski definition) is 0. The Labute approximate surface area is 576 Å². The van der Waals surface area contributed by atoms with Crippen LogP contribution in [0.15, 0.2) is 315 Å². The molecule has 0 N–H and O–H groups in total. The third-order valence-electron chi connectivity index (χ3n) is 20.4. The number of benzene rings is 12. The quantitative estimate of drug-likeness (QED) is 0.106. The van der Waals surface area contributed by atoms with Crippen molar-refractivity contribution in [3.05, 3.63) is 349 Å². The largest absolute Gasteiger partial charge is 0.344 e. The highest BCUT2D eigenvalue weighted by Gasteiger charge is 2.50. The fourth-order valence-corrected chi connectivity index (χ4v) is 32.3. The Morgan fingerprint density at radius 2 is 0.495 bits per heavy atom. The lowest BCUT2D eigenvalue weighted by atomic mass is 10.0. The Morgan fingerprint density at radius 3 is 0.763 bits per heavy atom. The number of aromatic nitrogens is 1. The van der Waals surface area contributed by atoms with Crippen molar-refractivity contribution in [2.24, 2.45) is 7.05 Å². The molecular weight excluding hydrogens is 1240 g/mol. The van der Waals surface area contributed by atoms with Gasteiger partial charge in [-0.3, -0.25) is 0 Å². The predicted octanol–water partition coefficient (Wildman–Crippen LogP) is 17.5. The van der Waals surface area contributed by atoms with Crippen LogP contribution in [0.3, 0.4) is 0 Å². The molecule has 8 bridgehead atoms. The van der Waals surface area contributed by atoms with Gasteiger partial charge in [-0.15, -0.1) is 0 Å². The van der Waals surface area contributed by atoms with Crippen LogP contribution in [0.25, 0.3) is 32.9 Å². The van der Waals surface area contributed by atoms with Gasteiger partial charge < -0.3 is 4.57 Å². The van der Waals surface area contributed by atoms with Gasteiger partial charge in [-0.2, -0.15) is 0 Å². The minimum absolute atomic E-state index is 0.750. The van der Waals surface area contributed by atoms with Crippen LogP contribution in [0.1, 0.15) is 46.2 Å². The molecule has 12 aromatic carbocycles. The smallest absolute Gasteiger partial charge is 0.129 e. The van der Waals surface area contributed by atoms with Crippen LogP contribution in [-0.2, 0) is 13.5 Å². The van der Waals surface area contributed by atoms with Gasteiger partial charge in [0, 0.05) is 40.1 Å². The number of fused-ring (bicyclic) bond motifs is 6. The molecule has 0 saturated carbocycles. The monoisotopic (exact) mass is 1320 g/mol. The Bertz CT molecular complexity index is 5060. The molecule has 1 nitrogen and oxygen atoms in total. The molecule has 15 rings (SSSR count). The van der Waals surface area contributed by atoms with Crippen LogP contribution in [-0.4, -0.2) is 53.9 Å². The van der Waals surface area contributed by atoms with Gasteiger partial charge in [0.05, 0.1) is 52.4 Å². The summed E-state index contributed by atoms with van der Waals surface area (Å²) < 4.78 is 2.35. The molecule has 0 radical (unpaired) electrons. The molecule has 1 aliphatic carbocycles. The Hall–Kier alpha value is -9.60. The van der Waals surface area contributed by atoms with Crippen molar-refractivity contribution >= 4 is 93.3 Å². The molecule has 0 fully saturated rings. The first-order chi connectivity index (χ1) is 47.9. The zero-order valence-corrected chi connectivity index (χ0v) is 58.6. The summed E-state index contributed by atoms with van der Waals surface area (Å²) in [6, 6.07) is 118. The van der Waals surface area contributed by atoms with E-state index < -0.39 is 29.0 Å². The van der Waals surface area contributed by atoms with Crippen molar-refractivity contribution in [1.29, 1.82) is 0 Å². The van der Waals surface area contributed by atoms with E-state index in [-0.39, 0.29) is 0 Å². The molecule has 0 amide bonds. The molecule has 0 unspecified atom stereocenters. The highest BCUT2D eigenvalue weighted by Crippen LogP contribution is 2.64. The third-order valence-corrected chi connectivity index (χ3v) is 38.0. The van der Waals surface area contributed by atoms with Gasteiger partial charge in [-0.05, 0) is 187 Å². The summed E-state index contributed by atoms with van der Waals surface area (Å²) in [5.74, 6) is 30.8. The summed E-state index contributed by atoms with van der Waals surface area (Å²) in [6.07, 6.45) is 10.2. The van der Waals surface area contributed by atoms with Crippen molar-refractivity contribution in [3.63, 3.8) is 0 Å². The zero-order valence-electron chi connectivity index (χ0n) is 55.0. The lowest BCUT2D eigenvalue weighted by Gasteiger charge is -2.30. The maximum atomic E-state index is 3.94. The molecule has 466 valence electrons. The van der Waals surface area contributed by atoms with Gasteiger partial charge in [-0.1, -0.05) is 217 Å². The van der Waals surface area contributed by atoms with Crippen LogP contribution in [0.2, 0.25) is 0 Å². The van der Waals surface area contributed by atoms with Crippen molar-refractivity contribution in [1.82, 2.24) is 4.57 Å². The second kappa shape index (κ2) is 28.6. The summed E-state index contributed by atoms with van der Waals surface area (Å²) in [7, 11) is -6.28. The summed E-state index contributed by atoms with van der Waals surface area (Å²) >= 11 is 0. The van der Waals surface area contributed by atoms with Gasteiger partial charge in [-0.25, -0.2) is 0 Å². The molecule has 0 atom stereocenters. The Balaban J connectivity index is 0.860. The molecule has 1 aromatic heterocycles. The zero-order chi connectivity index (χ0) is 65.3. The van der Waals surface area contributed by atoms with E-state index in [1.54, 1.807) is 0 Å². The second-order valence-corrected chi connectivity index (χ2v) is 40.9. The molecule has 97 heavy (non-hydrogen) atoms. The molecular formula is C92H77NP4+4. The number of rotatable bonds is 8. The molecule has 0 spiro atoms. The molecule has 1 aliphatic heterocycles. The number of hydrogen-bond acceptors (Lipinski definition) is 0. The standard InChI is InChI=1S/C92H77NP4/c1-93-91-70-75-34-30-63-95(81-40-14-4-15-41-81,82-42-16-5-17-43-82)61-27-26-60-94(79-36-10-2-11-37-79,80-38-12-3-13-39-80)62-28-32-73-52-56-87-77(68-73)72-78-69-74(53-57-88(78)87)33-29-64-96(83-44-18-6-19-45-83,84-46-20-7-21-47-84)66-67-97(85-48-22-8-23-49-85,86-50-24-9-25-51-86)65-31-35-76-55-59-90(92(93)71-76)89(91)58-54-75/h2-25,36-59,68-71H,26-27,60-67,72H2,1H3/q+4. The molecule has 2 heterocycles. The van der Waals surface area contributed by atoms with Crippen molar-refractivity contribution in [2.75, 3.05) is 49.3 Å². The summed E-state index contributed by atoms with van der Waals surface area (Å²) in [5.41, 5.74) is 11.8. The summed E-state index contributed by atoms with van der Waals surface area (Å²) in [6.45, 7) is 0. The van der Waals surface area contributed by atoms with Gasteiger partial charge >= 0.3 is 0 Å². The van der Waals surface area contributed by atoms with Crippen LogP contribution in [0.4, 0.5) is 0 Å². The first kappa shape index (κ1) is 63.5. The topological polar surface area (TPSA) is 4.93 Å². The minimum Gasteiger partial charge on any atom is -0.344 e. The van der Waals surface area contributed by atoms with Crippen LogP contribution in [0.5, 0.6) is 0 Å². The van der Waals surface area contributed by atoms with E-state index in [0.717, 1.165) is 90.8 Å². The van der Waals surface area contributed by atoms with E-state index in [1.807, 2.05) is 0 Å². The predicted molar refractivity (Wildman–Crippen MR) is 427 cm³/mol. The SMILES string of the molecule is Cn1c2cc3ccc2c2ccc(cc21)C#CC[P+](c1ccccc1)(c1ccccc1)CC[P+](c1ccccc1)(c1ccccc1)CC#Cc1ccc2c(c1)Cc1cc(ccc1-2)C#CC[P+](c1ccccc1)(c1ccccc1)CCCC[P+](c1ccccc1)(c1ccccc1)CC#C3.